The zero-order valence-corrected chi connectivity index (χ0v) is 36.1. The molecule has 8 rings (SSSR count). The molecule has 5 heteroatoms. The van der Waals surface area contributed by atoms with Crippen molar-refractivity contribution < 1.29 is 31.4 Å². The van der Waals surface area contributed by atoms with E-state index in [4.69, 9.17) is 16.3 Å². The number of furan rings is 1. The van der Waals surface area contributed by atoms with E-state index in [0.717, 1.165) is 44.4 Å². The van der Waals surface area contributed by atoms with Crippen molar-refractivity contribution >= 4 is 33.0 Å². The van der Waals surface area contributed by atoms with Gasteiger partial charge in [0.2, 0.25) is 0 Å². The second kappa shape index (κ2) is 16.7. The third kappa shape index (κ3) is 8.31. The molecular formula is C51H53IrN3O-2. The number of imidazole rings is 1. The molecule has 0 fully saturated rings. The van der Waals surface area contributed by atoms with E-state index in [2.05, 4.69) is 130 Å². The number of aromatic nitrogens is 3. The predicted octanol–water partition coefficient (Wildman–Crippen LogP) is 14.2. The maximum atomic E-state index is 8.48. The molecule has 0 N–H and O–H groups in total. The number of nitrogens with zero attached hydrogens (tertiary/aromatic N) is 3. The van der Waals surface area contributed by atoms with Crippen molar-refractivity contribution in [1.29, 1.82) is 0 Å². The van der Waals surface area contributed by atoms with Crippen LogP contribution in [0.15, 0.2) is 114 Å². The summed E-state index contributed by atoms with van der Waals surface area (Å²) in [5.74, 6) is 2.03. The van der Waals surface area contributed by atoms with Gasteiger partial charge >= 0.3 is 0 Å². The van der Waals surface area contributed by atoms with Crippen LogP contribution in [-0.4, -0.2) is 14.5 Å². The molecule has 0 spiro atoms. The topological polar surface area (TPSA) is 43.9 Å². The Morgan fingerprint density at radius 2 is 1.52 bits per heavy atom. The van der Waals surface area contributed by atoms with Crippen molar-refractivity contribution in [1.82, 2.24) is 14.5 Å². The minimum Gasteiger partial charge on any atom is -0.501 e. The summed E-state index contributed by atoms with van der Waals surface area (Å²) in [6.45, 7) is 16.3. The van der Waals surface area contributed by atoms with Crippen LogP contribution >= 0.6 is 0 Å². The van der Waals surface area contributed by atoms with Crippen LogP contribution in [0, 0.1) is 24.4 Å². The molecule has 0 aliphatic carbocycles. The van der Waals surface area contributed by atoms with Gasteiger partial charge in [0.05, 0.1) is 22.4 Å². The minimum absolute atomic E-state index is 0. The first kappa shape index (κ1) is 34.4. The van der Waals surface area contributed by atoms with Gasteiger partial charge in [-0.05, 0) is 82.5 Å². The number of para-hydroxylation sites is 3. The van der Waals surface area contributed by atoms with Crippen LogP contribution in [0.1, 0.15) is 115 Å². The van der Waals surface area contributed by atoms with Crippen molar-refractivity contribution in [3.63, 3.8) is 0 Å². The molecule has 8 aromatic rings. The maximum Gasteiger partial charge on any atom is 0.121 e. The molecule has 3 heterocycles. The van der Waals surface area contributed by atoms with Gasteiger partial charge in [-0.3, -0.25) is 4.98 Å². The zero-order valence-electron chi connectivity index (χ0n) is 38.7. The first-order valence-corrected chi connectivity index (χ1v) is 19.3. The van der Waals surface area contributed by atoms with Crippen molar-refractivity contribution in [2.75, 3.05) is 0 Å². The van der Waals surface area contributed by atoms with E-state index >= 15 is 0 Å². The van der Waals surface area contributed by atoms with Crippen LogP contribution in [0.4, 0.5) is 0 Å². The summed E-state index contributed by atoms with van der Waals surface area (Å²) in [6.07, 6.45) is -0.550. The van der Waals surface area contributed by atoms with E-state index in [1.54, 1.807) is 32.9 Å². The standard InChI is InChI=1S/C34H33N2O.C17H20N.Ir/c1-20(2)23-17-18-26-27-13-10-14-28(33(27)37-31(26)19-23)34-35-29-15-7-8-16-30(29)36(34)32-24(21(3)4)11-9-12-25(32)22(5)6;1-13-12-18-16(14-8-6-5-7-9-14)10-15(13)11-17(2,3)4;/h7-13,15-22H,1-6H3;5-8,10,12H,11H2,1-4H3;/q2*-1;/i;1D3,11D2;. The van der Waals surface area contributed by atoms with E-state index in [9.17, 15) is 0 Å². The molecule has 0 aliphatic rings. The van der Waals surface area contributed by atoms with Crippen LogP contribution < -0.4 is 0 Å². The van der Waals surface area contributed by atoms with E-state index in [1.165, 1.54) is 28.6 Å². The summed E-state index contributed by atoms with van der Waals surface area (Å²) in [4.78, 5) is 9.41. The van der Waals surface area contributed by atoms with Crippen molar-refractivity contribution in [2.45, 2.75) is 93.3 Å². The summed E-state index contributed by atoms with van der Waals surface area (Å²) in [5.41, 5.74) is 10.4. The smallest absolute Gasteiger partial charge is 0.121 e. The summed E-state index contributed by atoms with van der Waals surface area (Å²) < 4.78 is 49.0. The molecule has 3 aromatic heterocycles. The van der Waals surface area contributed by atoms with E-state index in [1.807, 2.05) is 24.3 Å². The van der Waals surface area contributed by atoms with Gasteiger partial charge in [-0.2, -0.15) is 0 Å². The van der Waals surface area contributed by atoms with E-state index in [0.29, 0.717) is 29.0 Å². The largest absolute Gasteiger partial charge is 0.501 e. The predicted molar refractivity (Wildman–Crippen MR) is 231 cm³/mol. The number of fused-ring (bicyclic) bond motifs is 4. The number of hydrogen-bond donors (Lipinski definition) is 0. The van der Waals surface area contributed by atoms with E-state index in [-0.39, 0.29) is 31.2 Å². The number of benzene rings is 5. The fourth-order valence-electron chi connectivity index (χ4n) is 7.14. The van der Waals surface area contributed by atoms with Gasteiger partial charge in [0, 0.05) is 44.2 Å². The summed E-state index contributed by atoms with van der Waals surface area (Å²) in [7, 11) is 0. The van der Waals surface area contributed by atoms with Crippen molar-refractivity contribution in [2.24, 2.45) is 5.41 Å². The van der Waals surface area contributed by atoms with Crippen LogP contribution in [-0.2, 0) is 26.5 Å². The number of rotatable bonds is 7. The number of aryl methyl sites for hydroxylation is 1. The summed E-state index contributed by atoms with van der Waals surface area (Å²) in [5, 5.41) is 2.22. The van der Waals surface area contributed by atoms with Gasteiger partial charge < -0.3 is 14.0 Å². The van der Waals surface area contributed by atoms with Gasteiger partial charge in [-0.1, -0.05) is 127 Å². The SMILES string of the molecule is CC(C)c1ccc2c(c1)oc1c(-c3nc4ccccc4n3-c3c(C(C)C)cccc3C(C)C)[c-]ccc12.[2H]C([2H])([2H])c1cnc(-c2[c-]cccc2)cc1C([2H])([2H])C(C)(C)C.[Ir]. The van der Waals surface area contributed by atoms with Crippen LogP contribution in [0.2, 0.25) is 0 Å². The fourth-order valence-corrected chi connectivity index (χ4v) is 7.14. The molecule has 0 atom stereocenters. The normalized spacial score (nSPS) is 13.6. The number of pyridine rings is 1. The Balaban J connectivity index is 0.000000225. The van der Waals surface area contributed by atoms with Gasteiger partial charge in [0.1, 0.15) is 5.58 Å². The Labute approximate surface area is 353 Å². The Morgan fingerprint density at radius 1 is 0.786 bits per heavy atom. The molecule has 0 unspecified atom stereocenters. The third-order valence-electron chi connectivity index (χ3n) is 9.87. The second-order valence-electron chi connectivity index (χ2n) is 16.2. The van der Waals surface area contributed by atoms with Gasteiger partial charge in [-0.15, -0.1) is 54.1 Å². The molecule has 0 saturated heterocycles. The Kier molecular flexibility index (Phi) is 10.3. The average Bonchev–Trinajstić information content (AvgIpc) is 3.78. The third-order valence-corrected chi connectivity index (χ3v) is 9.87. The molecule has 1 radical (unpaired) electrons. The molecule has 5 aromatic carbocycles. The molecule has 4 nitrogen and oxygen atoms in total. The quantitative estimate of drug-likeness (QED) is 0.150. The molecule has 0 saturated carbocycles. The number of hydrogen-bond acceptors (Lipinski definition) is 3. The first-order chi connectivity index (χ1) is 28.3. The Hall–Kier alpha value is -4.83. The monoisotopic (exact) mass is 921 g/mol. The van der Waals surface area contributed by atoms with Crippen molar-refractivity contribution in [3.05, 3.63) is 149 Å². The zero-order chi connectivity index (χ0) is 43.3. The maximum absolute atomic E-state index is 8.48. The summed E-state index contributed by atoms with van der Waals surface area (Å²) in [6, 6.07) is 41.1. The molecule has 289 valence electrons. The molecular weight excluding hydrogens is 863 g/mol. The molecule has 0 amide bonds. The summed E-state index contributed by atoms with van der Waals surface area (Å²) >= 11 is 0. The van der Waals surface area contributed by atoms with Crippen molar-refractivity contribution in [3.8, 4) is 28.3 Å². The van der Waals surface area contributed by atoms with Gasteiger partial charge in [0.25, 0.3) is 0 Å². The van der Waals surface area contributed by atoms with E-state index < -0.39 is 18.6 Å². The molecule has 0 aliphatic heterocycles. The van der Waals surface area contributed by atoms with Gasteiger partial charge in [0.15, 0.2) is 0 Å². The Morgan fingerprint density at radius 3 is 2.18 bits per heavy atom. The fraction of sp³-hybridized carbons (Fsp3) is 0.294. The average molecular weight is 921 g/mol. The van der Waals surface area contributed by atoms with Crippen LogP contribution in [0.5, 0.6) is 0 Å². The first-order valence-electron chi connectivity index (χ1n) is 21.8. The second-order valence-corrected chi connectivity index (χ2v) is 16.2. The Bertz CT molecular complexity index is 2790. The molecule has 0 bridgehead atoms. The van der Waals surface area contributed by atoms with Crippen LogP contribution in [0.3, 0.4) is 0 Å². The molecule has 56 heavy (non-hydrogen) atoms. The minimum atomic E-state index is -2.42. The van der Waals surface area contributed by atoms with Gasteiger partial charge in [-0.25, -0.2) is 0 Å². The van der Waals surface area contributed by atoms with Crippen LogP contribution in [0.25, 0.3) is 61.3 Å².